The van der Waals surface area contributed by atoms with Crippen LogP contribution in [0.2, 0.25) is 0 Å². The van der Waals surface area contributed by atoms with Crippen LogP contribution in [0.3, 0.4) is 0 Å². The molecule has 0 saturated heterocycles. The molecule has 0 radical (unpaired) electrons. The van der Waals surface area contributed by atoms with Crippen LogP contribution in [0.25, 0.3) is 11.2 Å². The topological polar surface area (TPSA) is 109 Å². The second-order valence-electron chi connectivity index (χ2n) is 4.81. The van der Waals surface area contributed by atoms with E-state index in [2.05, 4.69) is 30.3 Å². The fourth-order valence-electron chi connectivity index (χ4n) is 1.81. The molecule has 1 unspecified atom stereocenters. The number of carbonyl (C=O) groups is 2. The van der Waals surface area contributed by atoms with E-state index in [1.165, 1.54) is 13.3 Å². The number of esters is 1. The summed E-state index contributed by atoms with van der Waals surface area (Å²) in [6.45, 7) is 3.63. The molecule has 2 rings (SSSR count). The highest BCUT2D eigenvalue weighted by atomic mass is 16.5. The third-order valence-electron chi connectivity index (χ3n) is 2.91. The molecule has 0 aliphatic rings. The van der Waals surface area contributed by atoms with E-state index in [4.69, 9.17) is 0 Å². The average Bonchev–Trinajstić information content (AvgIpc) is 2.91. The van der Waals surface area contributed by atoms with Gasteiger partial charge in [-0.15, -0.1) is 0 Å². The number of rotatable bonds is 4. The van der Waals surface area contributed by atoms with Gasteiger partial charge in [0.05, 0.1) is 13.3 Å². The minimum Gasteiger partial charge on any atom is -0.467 e. The van der Waals surface area contributed by atoms with E-state index in [0.717, 1.165) is 0 Å². The third-order valence-corrected chi connectivity index (χ3v) is 2.91. The summed E-state index contributed by atoms with van der Waals surface area (Å²) in [5, 5.41) is 5.10. The summed E-state index contributed by atoms with van der Waals surface area (Å²) in [6, 6.07) is 0.485. The van der Waals surface area contributed by atoms with Crippen molar-refractivity contribution in [1.82, 2.24) is 20.3 Å². The highest BCUT2D eigenvalue weighted by Crippen LogP contribution is 2.10. The van der Waals surface area contributed by atoms with Crippen LogP contribution in [0.4, 0.5) is 10.6 Å². The molecule has 2 aromatic heterocycles. The van der Waals surface area contributed by atoms with Gasteiger partial charge in [-0.1, -0.05) is 13.8 Å². The molecule has 2 amide bonds. The highest BCUT2D eigenvalue weighted by molar-refractivity contribution is 5.92. The maximum Gasteiger partial charge on any atom is 0.328 e. The molecule has 0 aliphatic carbocycles. The van der Waals surface area contributed by atoms with E-state index in [0.29, 0.717) is 17.0 Å². The number of urea groups is 1. The average molecular weight is 291 g/mol. The Kier molecular flexibility index (Phi) is 4.36. The molecule has 8 heteroatoms. The van der Waals surface area contributed by atoms with Crippen LogP contribution >= 0.6 is 0 Å². The van der Waals surface area contributed by atoms with E-state index in [9.17, 15) is 9.59 Å². The molecule has 21 heavy (non-hydrogen) atoms. The Bertz CT molecular complexity index is 652. The SMILES string of the molecule is COC(=O)C(NC(=O)Nc1cnc2[nH]ccc2n1)C(C)C. The molecular formula is C13H17N5O3. The monoisotopic (exact) mass is 291 g/mol. The van der Waals surface area contributed by atoms with Crippen molar-refractivity contribution >= 4 is 29.0 Å². The zero-order valence-corrected chi connectivity index (χ0v) is 12.0. The molecule has 2 heterocycles. The van der Waals surface area contributed by atoms with Gasteiger partial charge in [0.15, 0.2) is 11.5 Å². The third kappa shape index (κ3) is 3.47. The Morgan fingerprint density at radius 2 is 2.14 bits per heavy atom. The van der Waals surface area contributed by atoms with Crippen LogP contribution in [0, 0.1) is 5.92 Å². The molecule has 0 aliphatic heterocycles. The molecule has 112 valence electrons. The van der Waals surface area contributed by atoms with E-state index >= 15 is 0 Å². The van der Waals surface area contributed by atoms with Crippen molar-refractivity contribution in [1.29, 1.82) is 0 Å². The van der Waals surface area contributed by atoms with E-state index in [1.54, 1.807) is 12.3 Å². The number of anilines is 1. The molecule has 0 spiro atoms. The molecule has 0 saturated carbocycles. The van der Waals surface area contributed by atoms with Gasteiger partial charge < -0.3 is 15.0 Å². The second kappa shape index (κ2) is 6.21. The van der Waals surface area contributed by atoms with Crippen LogP contribution in [0.5, 0.6) is 0 Å². The Morgan fingerprint density at radius 1 is 1.38 bits per heavy atom. The number of carbonyl (C=O) groups excluding carboxylic acids is 2. The number of amides is 2. The summed E-state index contributed by atoms with van der Waals surface area (Å²) in [6.07, 6.45) is 3.14. The number of methoxy groups -OCH3 is 1. The first kappa shape index (κ1) is 14.8. The summed E-state index contributed by atoms with van der Waals surface area (Å²) in [5.41, 5.74) is 1.27. The molecule has 3 N–H and O–H groups in total. The number of hydrogen-bond donors (Lipinski definition) is 3. The standard InChI is InChI=1S/C13H17N5O3/c1-7(2)10(12(19)21-3)18-13(20)17-9-6-15-11-8(16-9)4-5-14-11/h4-7,10H,1-3H3,(H,14,15)(H2,16,17,18,20). The number of aromatic nitrogens is 3. The first-order chi connectivity index (χ1) is 10.0. The number of H-pyrrole nitrogens is 1. The van der Waals surface area contributed by atoms with Crippen molar-refractivity contribution in [3.8, 4) is 0 Å². The van der Waals surface area contributed by atoms with Crippen LogP contribution in [-0.4, -0.2) is 40.1 Å². The molecule has 2 aromatic rings. The summed E-state index contributed by atoms with van der Waals surface area (Å²) < 4.78 is 4.66. The minimum absolute atomic E-state index is 0.0959. The van der Waals surface area contributed by atoms with Crippen LogP contribution < -0.4 is 10.6 Å². The van der Waals surface area contributed by atoms with Gasteiger partial charge in [-0.05, 0) is 12.0 Å². The number of nitrogens with one attached hydrogen (secondary N) is 3. The first-order valence-corrected chi connectivity index (χ1v) is 6.46. The van der Waals surface area contributed by atoms with Gasteiger partial charge in [-0.3, -0.25) is 5.32 Å². The van der Waals surface area contributed by atoms with E-state index in [-0.39, 0.29) is 5.92 Å². The Hall–Kier alpha value is -2.64. The highest BCUT2D eigenvalue weighted by Gasteiger charge is 2.25. The maximum atomic E-state index is 11.9. The van der Waals surface area contributed by atoms with Gasteiger partial charge in [0.2, 0.25) is 0 Å². The van der Waals surface area contributed by atoms with Gasteiger partial charge >= 0.3 is 12.0 Å². The van der Waals surface area contributed by atoms with Gasteiger partial charge in [0.25, 0.3) is 0 Å². The van der Waals surface area contributed by atoms with Crippen molar-refractivity contribution in [2.75, 3.05) is 12.4 Å². The predicted molar refractivity (Wildman–Crippen MR) is 76.7 cm³/mol. The van der Waals surface area contributed by atoms with Crippen molar-refractivity contribution in [3.05, 3.63) is 18.5 Å². The van der Waals surface area contributed by atoms with E-state index in [1.807, 2.05) is 13.8 Å². The summed E-state index contributed by atoms with van der Waals surface area (Å²) >= 11 is 0. The quantitative estimate of drug-likeness (QED) is 0.735. The van der Waals surface area contributed by atoms with Crippen LogP contribution in [0.1, 0.15) is 13.8 Å². The number of hydrogen-bond acceptors (Lipinski definition) is 5. The summed E-state index contributed by atoms with van der Waals surface area (Å²) in [7, 11) is 1.28. The van der Waals surface area contributed by atoms with E-state index < -0.39 is 18.0 Å². The predicted octanol–water partition coefficient (Wildman–Crippen LogP) is 1.28. The molecule has 0 bridgehead atoms. The number of aromatic amines is 1. The van der Waals surface area contributed by atoms with Gasteiger partial charge in [-0.25, -0.2) is 19.6 Å². The van der Waals surface area contributed by atoms with Crippen molar-refractivity contribution in [2.24, 2.45) is 5.92 Å². The minimum atomic E-state index is -0.723. The Morgan fingerprint density at radius 3 is 2.81 bits per heavy atom. The maximum absolute atomic E-state index is 11.9. The molecule has 0 aromatic carbocycles. The van der Waals surface area contributed by atoms with Gasteiger partial charge in [-0.2, -0.15) is 0 Å². The smallest absolute Gasteiger partial charge is 0.328 e. The van der Waals surface area contributed by atoms with Crippen LogP contribution in [-0.2, 0) is 9.53 Å². The molecular weight excluding hydrogens is 274 g/mol. The van der Waals surface area contributed by atoms with Crippen molar-refractivity contribution in [3.63, 3.8) is 0 Å². The zero-order chi connectivity index (χ0) is 15.4. The molecule has 1 atom stereocenters. The molecule has 0 fully saturated rings. The van der Waals surface area contributed by atoms with Crippen molar-refractivity contribution < 1.29 is 14.3 Å². The lowest BCUT2D eigenvalue weighted by Gasteiger charge is -2.19. The Labute approximate surface area is 121 Å². The number of ether oxygens (including phenoxy) is 1. The van der Waals surface area contributed by atoms with Crippen LogP contribution in [0.15, 0.2) is 18.5 Å². The number of nitrogens with zero attached hydrogens (tertiary/aromatic N) is 2. The van der Waals surface area contributed by atoms with Gasteiger partial charge in [0.1, 0.15) is 11.6 Å². The lowest BCUT2D eigenvalue weighted by molar-refractivity contribution is -0.143. The Balaban J connectivity index is 2.04. The summed E-state index contributed by atoms with van der Waals surface area (Å²) in [5.74, 6) is -0.291. The second-order valence-corrected chi connectivity index (χ2v) is 4.81. The first-order valence-electron chi connectivity index (χ1n) is 6.46. The fourth-order valence-corrected chi connectivity index (χ4v) is 1.81. The largest absolute Gasteiger partial charge is 0.467 e. The molecule has 8 nitrogen and oxygen atoms in total. The van der Waals surface area contributed by atoms with Gasteiger partial charge in [0, 0.05) is 6.20 Å². The zero-order valence-electron chi connectivity index (χ0n) is 12.0. The fraction of sp³-hybridized carbons (Fsp3) is 0.385. The van der Waals surface area contributed by atoms with Crippen molar-refractivity contribution in [2.45, 2.75) is 19.9 Å². The lowest BCUT2D eigenvalue weighted by Crippen LogP contribution is -2.46. The normalized spacial score (nSPS) is 12.2. The number of fused-ring (bicyclic) bond motifs is 1. The lowest BCUT2D eigenvalue weighted by atomic mass is 10.1. The summed E-state index contributed by atoms with van der Waals surface area (Å²) in [4.78, 5) is 34.7.